The van der Waals surface area contributed by atoms with Gasteiger partial charge in [0.2, 0.25) is 0 Å². The third-order valence-corrected chi connectivity index (χ3v) is 4.03. The summed E-state index contributed by atoms with van der Waals surface area (Å²) in [6.45, 7) is 4.03. The van der Waals surface area contributed by atoms with Crippen LogP contribution in [0, 0.1) is 13.8 Å². The summed E-state index contributed by atoms with van der Waals surface area (Å²) >= 11 is 0. The Hall–Kier alpha value is -2.71. The molecule has 0 bridgehead atoms. The van der Waals surface area contributed by atoms with Gasteiger partial charge >= 0.3 is 12.4 Å². The van der Waals surface area contributed by atoms with Crippen molar-refractivity contribution in [1.29, 1.82) is 0 Å². The van der Waals surface area contributed by atoms with Gasteiger partial charge in [0.1, 0.15) is 5.75 Å². The molecule has 0 saturated heterocycles. The van der Waals surface area contributed by atoms with Crippen molar-refractivity contribution in [3.63, 3.8) is 0 Å². The van der Waals surface area contributed by atoms with E-state index >= 15 is 0 Å². The second-order valence-electron chi connectivity index (χ2n) is 5.94. The Labute approximate surface area is 149 Å². The molecule has 1 aromatic carbocycles. The first-order valence-electron chi connectivity index (χ1n) is 7.90. The average molecular weight is 370 g/mol. The molecule has 0 spiro atoms. The van der Waals surface area contributed by atoms with Crippen molar-refractivity contribution in [3.05, 3.63) is 46.8 Å². The first-order chi connectivity index (χ1) is 12.1. The van der Waals surface area contributed by atoms with Crippen LogP contribution in [0.1, 0.15) is 22.5 Å². The van der Waals surface area contributed by atoms with Gasteiger partial charge in [0.15, 0.2) is 0 Å². The molecular weight excluding hydrogens is 349 g/mol. The number of ether oxygens (including phenoxy) is 1. The molecule has 26 heavy (non-hydrogen) atoms. The molecule has 2 amide bonds. The monoisotopic (exact) mass is 370 g/mol. The SMILES string of the molecule is Cc1nn(C)c(C)c1CN(C)C(=O)NCc1ccccc1OC(F)(F)F. The lowest BCUT2D eigenvalue weighted by Gasteiger charge is -2.19. The molecule has 9 heteroatoms. The summed E-state index contributed by atoms with van der Waals surface area (Å²) in [5, 5.41) is 6.90. The van der Waals surface area contributed by atoms with Crippen LogP contribution in [0.4, 0.5) is 18.0 Å². The van der Waals surface area contributed by atoms with E-state index < -0.39 is 12.4 Å². The molecule has 1 N–H and O–H groups in total. The molecule has 0 saturated carbocycles. The fourth-order valence-corrected chi connectivity index (χ4v) is 2.54. The number of urea groups is 1. The highest BCUT2D eigenvalue weighted by Gasteiger charge is 2.32. The summed E-state index contributed by atoms with van der Waals surface area (Å²) in [7, 11) is 3.43. The van der Waals surface area contributed by atoms with Crippen LogP contribution >= 0.6 is 0 Å². The molecule has 0 radical (unpaired) electrons. The summed E-state index contributed by atoms with van der Waals surface area (Å²) in [4.78, 5) is 13.7. The first kappa shape index (κ1) is 19.6. The highest BCUT2D eigenvalue weighted by Crippen LogP contribution is 2.26. The fraction of sp³-hybridized carbons (Fsp3) is 0.412. The minimum atomic E-state index is -4.79. The predicted octanol–water partition coefficient (Wildman–Crippen LogP) is 3.28. The largest absolute Gasteiger partial charge is 0.573 e. The van der Waals surface area contributed by atoms with Crippen molar-refractivity contribution in [1.82, 2.24) is 20.0 Å². The van der Waals surface area contributed by atoms with E-state index in [-0.39, 0.29) is 17.9 Å². The van der Waals surface area contributed by atoms with E-state index in [0.29, 0.717) is 6.54 Å². The van der Waals surface area contributed by atoms with E-state index in [1.54, 1.807) is 17.8 Å². The van der Waals surface area contributed by atoms with Crippen molar-refractivity contribution < 1.29 is 22.7 Å². The summed E-state index contributed by atoms with van der Waals surface area (Å²) in [5.74, 6) is -0.332. The van der Waals surface area contributed by atoms with E-state index in [1.807, 2.05) is 20.9 Å². The van der Waals surface area contributed by atoms with Gasteiger partial charge in [-0.2, -0.15) is 5.10 Å². The third-order valence-electron chi connectivity index (χ3n) is 4.03. The van der Waals surface area contributed by atoms with Gasteiger partial charge in [0.25, 0.3) is 0 Å². The molecule has 0 aliphatic heterocycles. The van der Waals surface area contributed by atoms with Crippen molar-refractivity contribution in [2.45, 2.75) is 33.3 Å². The highest BCUT2D eigenvalue weighted by atomic mass is 19.4. The number of aryl methyl sites for hydroxylation is 2. The molecular formula is C17H21F3N4O2. The van der Waals surface area contributed by atoms with E-state index in [9.17, 15) is 18.0 Å². The average Bonchev–Trinajstić information content (AvgIpc) is 2.78. The number of alkyl halides is 3. The lowest BCUT2D eigenvalue weighted by atomic mass is 10.2. The van der Waals surface area contributed by atoms with Gasteiger partial charge in [0.05, 0.1) is 12.2 Å². The van der Waals surface area contributed by atoms with Crippen LogP contribution < -0.4 is 10.1 Å². The van der Waals surface area contributed by atoms with Crippen molar-refractivity contribution >= 4 is 6.03 Å². The van der Waals surface area contributed by atoms with Gasteiger partial charge in [-0.25, -0.2) is 4.79 Å². The van der Waals surface area contributed by atoms with Gasteiger partial charge < -0.3 is 15.0 Å². The van der Waals surface area contributed by atoms with Gasteiger partial charge in [-0.15, -0.1) is 13.2 Å². The van der Waals surface area contributed by atoms with E-state index in [0.717, 1.165) is 17.0 Å². The van der Waals surface area contributed by atoms with Crippen LogP contribution in [0.2, 0.25) is 0 Å². The molecule has 1 heterocycles. The van der Waals surface area contributed by atoms with Gasteiger partial charge in [-0.05, 0) is 19.9 Å². The number of halogens is 3. The standard InChI is InChI=1S/C17H21F3N4O2/c1-11-14(12(2)24(4)22-11)10-23(3)16(25)21-9-13-7-5-6-8-15(13)26-17(18,19)20/h5-8H,9-10H2,1-4H3,(H,21,25). The summed E-state index contributed by atoms with van der Waals surface area (Å²) < 4.78 is 43.0. The number of rotatable bonds is 5. The Kier molecular flexibility index (Phi) is 5.79. The normalized spacial score (nSPS) is 11.3. The minimum Gasteiger partial charge on any atom is -0.405 e. The zero-order valence-electron chi connectivity index (χ0n) is 15.0. The Morgan fingerprint density at radius 1 is 1.31 bits per heavy atom. The van der Waals surface area contributed by atoms with Crippen molar-refractivity contribution in [2.75, 3.05) is 7.05 Å². The van der Waals surface area contributed by atoms with Gasteiger partial charge in [-0.3, -0.25) is 4.68 Å². The number of carbonyl (C=O) groups excluding carboxylic acids is 1. The second-order valence-corrected chi connectivity index (χ2v) is 5.94. The zero-order chi connectivity index (χ0) is 19.5. The number of carbonyl (C=O) groups is 1. The minimum absolute atomic E-state index is 0.0829. The molecule has 0 atom stereocenters. The van der Waals surface area contributed by atoms with Gasteiger partial charge in [0, 0.05) is 37.5 Å². The first-order valence-corrected chi connectivity index (χ1v) is 7.90. The zero-order valence-corrected chi connectivity index (χ0v) is 15.0. The number of para-hydroxylation sites is 1. The summed E-state index contributed by atoms with van der Waals surface area (Å²) in [6, 6.07) is 5.29. The number of amides is 2. The molecule has 2 aromatic rings. The van der Waals surface area contributed by atoms with Crippen LogP contribution in [0.3, 0.4) is 0 Å². The van der Waals surface area contributed by atoms with E-state index in [1.165, 1.54) is 23.1 Å². The molecule has 6 nitrogen and oxygen atoms in total. The Balaban J connectivity index is 2.00. The molecule has 1 aromatic heterocycles. The lowest BCUT2D eigenvalue weighted by Crippen LogP contribution is -2.36. The summed E-state index contributed by atoms with van der Waals surface area (Å²) in [6.07, 6.45) is -4.79. The molecule has 0 unspecified atom stereocenters. The fourth-order valence-electron chi connectivity index (χ4n) is 2.54. The van der Waals surface area contributed by atoms with Crippen molar-refractivity contribution in [3.8, 4) is 5.75 Å². The lowest BCUT2D eigenvalue weighted by molar-refractivity contribution is -0.274. The number of nitrogens with zero attached hydrogens (tertiary/aromatic N) is 3. The quantitative estimate of drug-likeness (QED) is 0.879. The maximum Gasteiger partial charge on any atom is 0.573 e. The molecule has 142 valence electrons. The molecule has 0 aliphatic carbocycles. The van der Waals surface area contributed by atoms with Crippen molar-refractivity contribution in [2.24, 2.45) is 7.05 Å². The Morgan fingerprint density at radius 2 is 1.96 bits per heavy atom. The van der Waals surface area contributed by atoms with Crippen LogP contribution in [0.5, 0.6) is 5.75 Å². The smallest absolute Gasteiger partial charge is 0.405 e. The highest BCUT2D eigenvalue weighted by molar-refractivity contribution is 5.74. The Bertz CT molecular complexity index is 787. The van der Waals surface area contributed by atoms with E-state index in [4.69, 9.17) is 0 Å². The topological polar surface area (TPSA) is 59.4 Å². The van der Waals surface area contributed by atoms with Gasteiger partial charge in [-0.1, -0.05) is 18.2 Å². The molecule has 0 fully saturated rings. The summed E-state index contributed by atoms with van der Waals surface area (Å²) in [5.41, 5.74) is 2.95. The van der Waals surface area contributed by atoms with E-state index in [2.05, 4.69) is 15.2 Å². The Morgan fingerprint density at radius 3 is 2.54 bits per heavy atom. The molecule has 0 aliphatic rings. The number of nitrogens with one attached hydrogen (secondary N) is 1. The maximum atomic E-state index is 12.4. The molecule has 2 rings (SSSR count). The van der Waals surface area contributed by atoms with Crippen LogP contribution in [0.25, 0.3) is 0 Å². The maximum absolute atomic E-state index is 12.4. The third kappa shape index (κ3) is 4.90. The van der Waals surface area contributed by atoms with Crippen LogP contribution in [0.15, 0.2) is 24.3 Å². The predicted molar refractivity (Wildman–Crippen MR) is 89.5 cm³/mol. The van der Waals surface area contributed by atoms with Crippen LogP contribution in [-0.4, -0.2) is 34.1 Å². The number of hydrogen-bond acceptors (Lipinski definition) is 3. The number of hydrogen-bond donors (Lipinski definition) is 1. The number of benzene rings is 1. The number of aromatic nitrogens is 2. The van der Waals surface area contributed by atoms with Crippen LogP contribution in [-0.2, 0) is 20.1 Å². The second kappa shape index (κ2) is 7.67.